The second-order valence-corrected chi connectivity index (χ2v) is 6.92. The van der Waals surface area contributed by atoms with E-state index in [1.54, 1.807) is 18.2 Å². The van der Waals surface area contributed by atoms with Gasteiger partial charge in [0.25, 0.3) is 5.91 Å². The highest BCUT2D eigenvalue weighted by atomic mass is 16.5. The maximum Gasteiger partial charge on any atom is 0.349 e. The van der Waals surface area contributed by atoms with E-state index in [1.807, 2.05) is 38.1 Å². The van der Waals surface area contributed by atoms with Crippen LogP contribution in [0, 0.1) is 6.92 Å². The Bertz CT molecular complexity index is 1140. The molecule has 0 unspecified atom stereocenters. The zero-order chi connectivity index (χ0) is 21.5. The normalized spacial score (nSPS) is 11.0. The van der Waals surface area contributed by atoms with Crippen LogP contribution in [0.3, 0.4) is 0 Å². The monoisotopic (exact) mass is 405 g/mol. The first-order valence-corrected chi connectivity index (χ1v) is 9.79. The van der Waals surface area contributed by atoms with Crippen molar-refractivity contribution in [3.63, 3.8) is 0 Å². The van der Waals surface area contributed by atoms with Gasteiger partial charge in [0.2, 0.25) is 0 Å². The minimum Gasteiger partial charge on any atom is -0.423 e. The first-order chi connectivity index (χ1) is 14.5. The second-order valence-electron chi connectivity index (χ2n) is 6.92. The molecule has 0 atom stereocenters. The average molecular weight is 405 g/mol. The van der Waals surface area contributed by atoms with E-state index in [0.717, 1.165) is 24.0 Å². The van der Waals surface area contributed by atoms with Gasteiger partial charge in [-0.25, -0.2) is 9.59 Å². The van der Waals surface area contributed by atoms with Crippen molar-refractivity contribution in [2.45, 2.75) is 26.7 Å². The number of ether oxygens (including phenoxy) is 1. The number of unbranched alkanes of at least 4 members (excludes halogenated alkanes) is 1. The lowest BCUT2D eigenvalue weighted by Gasteiger charge is -2.06. The Balaban J connectivity index is 1.72. The molecule has 0 aliphatic carbocycles. The lowest BCUT2D eigenvalue weighted by atomic mass is 10.1. The summed E-state index contributed by atoms with van der Waals surface area (Å²) in [5.41, 5.74) is 1.46. The maximum atomic E-state index is 12.2. The van der Waals surface area contributed by atoms with Crippen LogP contribution >= 0.6 is 0 Å². The molecule has 3 aromatic rings. The molecule has 30 heavy (non-hydrogen) atoms. The van der Waals surface area contributed by atoms with Gasteiger partial charge < -0.3 is 14.5 Å². The van der Waals surface area contributed by atoms with E-state index in [1.165, 1.54) is 18.2 Å². The van der Waals surface area contributed by atoms with Gasteiger partial charge in [-0.1, -0.05) is 43.2 Å². The molecular weight excluding hydrogens is 382 g/mol. The quantitative estimate of drug-likeness (QED) is 0.209. The van der Waals surface area contributed by atoms with Crippen molar-refractivity contribution in [3.05, 3.63) is 81.7 Å². The topological polar surface area (TPSA) is 85.6 Å². The van der Waals surface area contributed by atoms with Crippen LogP contribution in [-0.2, 0) is 4.79 Å². The Kier molecular flexibility index (Phi) is 6.80. The summed E-state index contributed by atoms with van der Waals surface area (Å²) in [7, 11) is 0. The number of hydrogen-bond donors (Lipinski definition) is 1. The first-order valence-electron chi connectivity index (χ1n) is 9.79. The van der Waals surface area contributed by atoms with Crippen molar-refractivity contribution in [3.8, 4) is 5.75 Å². The molecule has 0 bridgehead atoms. The standard InChI is InChI=1S/C24H23NO5/c1-3-4-13-25-23(27)20-14-18-10-11-19(15-21(18)30-24(20)28)29-22(26)12-9-17-7-5-16(2)6-8-17/h5-12,14-15H,3-4,13H2,1-2H3,(H,25,27)/b12-9+. The average Bonchev–Trinajstić information content (AvgIpc) is 2.73. The van der Waals surface area contributed by atoms with Gasteiger partial charge in [-0.3, -0.25) is 4.79 Å². The van der Waals surface area contributed by atoms with Crippen LogP contribution in [0.15, 0.2) is 63.8 Å². The van der Waals surface area contributed by atoms with Crippen LogP contribution in [-0.4, -0.2) is 18.4 Å². The van der Waals surface area contributed by atoms with Crippen molar-refractivity contribution < 1.29 is 18.7 Å². The van der Waals surface area contributed by atoms with Crippen LogP contribution in [0.25, 0.3) is 17.0 Å². The number of benzene rings is 2. The lowest BCUT2D eigenvalue weighted by molar-refractivity contribution is -0.128. The molecule has 0 aliphatic heterocycles. The highest BCUT2D eigenvalue weighted by Crippen LogP contribution is 2.21. The number of carbonyl (C=O) groups excluding carboxylic acids is 2. The molecule has 0 aliphatic rings. The fraction of sp³-hybridized carbons (Fsp3) is 0.208. The molecule has 3 rings (SSSR count). The fourth-order valence-electron chi connectivity index (χ4n) is 2.78. The molecular formula is C24H23NO5. The van der Waals surface area contributed by atoms with Gasteiger partial charge in [0, 0.05) is 24.1 Å². The third-order valence-corrected chi connectivity index (χ3v) is 4.48. The number of rotatable bonds is 7. The number of esters is 1. The van der Waals surface area contributed by atoms with Gasteiger partial charge in [0.05, 0.1) is 0 Å². The summed E-state index contributed by atoms with van der Waals surface area (Å²) < 4.78 is 10.5. The summed E-state index contributed by atoms with van der Waals surface area (Å²) in [4.78, 5) is 36.4. The van der Waals surface area contributed by atoms with Crippen LogP contribution in [0.1, 0.15) is 41.3 Å². The molecule has 6 heteroatoms. The molecule has 1 heterocycles. The predicted octanol–water partition coefficient (Wildman–Crippen LogP) is 4.25. The van der Waals surface area contributed by atoms with Gasteiger partial charge in [0.1, 0.15) is 16.9 Å². The number of aryl methyl sites for hydroxylation is 1. The summed E-state index contributed by atoms with van der Waals surface area (Å²) in [6, 6.07) is 13.9. The van der Waals surface area contributed by atoms with Crippen LogP contribution in [0.5, 0.6) is 5.75 Å². The molecule has 1 N–H and O–H groups in total. The van der Waals surface area contributed by atoms with Crippen molar-refractivity contribution in [2.75, 3.05) is 6.54 Å². The van der Waals surface area contributed by atoms with Gasteiger partial charge in [-0.15, -0.1) is 0 Å². The van der Waals surface area contributed by atoms with Crippen LogP contribution in [0.2, 0.25) is 0 Å². The fourth-order valence-corrected chi connectivity index (χ4v) is 2.78. The predicted molar refractivity (Wildman–Crippen MR) is 116 cm³/mol. The number of hydrogen-bond acceptors (Lipinski definition) is 5. The van der Waals surface area contributed by atoms with Crippen molar-refractivity contribution >= 4 is 28.9 Å². The minimum absolute atomic E-state index is 0.0515. The van der Waals surface area contributed by atoms with Gasteiger partial charge in [-0.2, -0.15) is 0 Å². The van der Waals surface area contributed by atoms with E-state index >= 15 is 0 Å². The lowest BCUT2D eigenvalue weighted by Crippen LogP contribution is -2.28. The molecule has 0 fully saturated rings. The summed E-state index contributed by atoms with van der Waals surface area (Å²) in [6.45, 7) is 4.50. The van der Waals surface area contributed by atoms with E-state index in [2.05, 4.69) is 5.32 Å². The molecule has 0 saturated carbocycles. The van der Waals surface area contributed by atoms with Crippen LogP contribution in [0.4, 0.5) is 0 Å². The summed E-state index contributed by atoms with van der Waals surface area (Å²) in [6.07, 6.45) is 4.76. The minimum atomic E-state index is -0.737. The molecule has 0 radical (unpaired) electrons. The SMILES string of the molecule is CCCCNC(=O)c1cc2ccc(OC(=O)/C=C/c3ccc(C)cc3)cc2oc1=O. The molecule has 1 amide bonds. The Labute approximate surface area is 174 Å². The Morgan fingerprint density at radius 1 is 1.10 bits per heavy atom. The molecule has 154 valence electrons. The Hall–Kier alpha value is -3.67. The van der Waals surface area contributed by atoms with E-state index in [9.17, 15) is 14.4 Å². The van der Waals surface area contributed by atoms with Gasteiger partial charge in [0.15, 0.2) is 0 Å². The maximum absolute atomic E-state index is 12.2. The van der Waals surface area contributed by atoms with Crippen LogP contribution < -0.4 is 15.7 Å². The van der Waals surface area contributed by atoms with E-state index < -0.39 is 17.5 Å². The number of nitrogens with one attached hydrogen (secondary N) is 1. The molecule has 6 nitrogen and oxygen atoms in total. The largest absolute Gasteiger partial charge is 0.423 e. The highest BCUT2D eigenvalue weighted by molar-refractivity contribution is 5.97. The van der Waals surface area contributed by atoms with Crippen molar-refractivity contribution in [1.29, 1.82) is 0 Å². The van der Waals surface area contributed by atoms with Crippen molar-refractivity contribution in [1.82, 2.24) is 5.32 Å². The smallest absolute Gasteiger partial charge is 0.349 e. The Morgan fingerprint density at radius 2 is 1.87 bits per heavy atom. The van der Waals surface area contributed by atoms with E-state index in [0.29, 0.717) is 11.9 Å². The third kappa shape index (κ3) is 5.44. The molecule has 0 saturated heterocycles. The van der Waals surface area contributed by atoms with Gasteiger partial charge >= 0.3 is 11.6 Å². The highest BCUT2D eigenvalue weighted by Gasteiger charge is 2.14. The molecule has 2 aromatic carbocycles. The summed E-state index contributed by atoms with van der Waals surface area (Å²) in [5, 5.41) is 3.26. The zero-order valence-electron chi connectivity index (χ0n) is 16.9. The number of fused-ring (bicyclic) bond motifs is 1. The Morgan fingerprint density at radius 3 is 2.60 bits per heavy atom. The van der Waals surface area contributed by atoms with Crippen molar-refractivity contribution in [2.24, 2.45) is 0 Å². The molecule has 0 spiro atoms. The number of amides is 1. The first kappa shape index (κ1) is 21.0. The van der Waals surface area contributed by atoms with E-state index in [4.69, 9.17) is 9.15 Å². The summed E-state index contributed by atoms with van der Waals surface area (Å²) >= 11 is 0. The molecule has 1 aromatic heterocycles. The number of carbonyl (C=O) groups is 2. The summed E-state index contributed by atoms with van der Waals surface area (Å²) in [5.74, 6) is -0.774. The third-order valence-electron chi connectivity index (χ3n) is 4.48. The zero-order valence-corrected chi connectivity index (χ0v) is 16.9. The van der Waals surface area contributed by atoms with Gasteiger partial charge in [-0.05, 0) is 43.2 Å². The second kappa shape index (κ2) is 9.69. The van der Waals surface area contributed by atoms with E-state index in [-0.39, 0.29) is 16.9 Å².